The van der Waals surface area contributed by atoms with Crippen LogP contribution in [0.5, 0.6) is 0 Å². The van der Waals surface area contributed by atoms with E-state index in [9.17, 15) is 8.42 Å². The maximum atomic E-state index is 12.3. The Kier molecular flexibility index (Phi) is 5.34. The van der Waals surface area contributed by atoms with Crippen molar-refractivity contribution in [1.82, 2.24) is 4.72 Å². The molecule has 1 fully saturated rings. The molecule has 21 heavy (non-hydrogen) atoms. The van der Waals surface area contributed by atoms with Gasteiger partial charge >= 0.3 is 0 Å². The van der Waals surface area contributed by atoms with Crippen LogP contribution in [0, 0.1) is 17.2 Å². The Hall–Kier alpha value is -1.42. The summed E-state index contributed by atoms with van der Waals surface area (Å²) in [6.07, 6.45) is 4.01. The smallest absolute Gasteiger partial charge is 0.216 e. The number of hydrogen-bond acceptors (Lipinski definition) is 4. The minimum Gasteiger partial charge on any atom is -0.330 e. The molecule has 0 amide bonds. The monoisotopic (exact) mass is 307 g/mol. The zero-order valence-corrected chi connectivity index (χ0v) is 12.8. The van der Waals surface area contributed by atoms with Crippen molar-refractivity contribution >= 4 is 10.0 Å². The second kappa shape index (κ2) is 7.03. The van der Waals surface area contributed by atoms with E-state index < -0.39 is 10.0 Å². The first-order valence-corrected chi connectivity index (χ1v) is 8.88. The minimum atomic E-state index is -3.39. The normalized spacial score (nSPS) is 22.7. The van der Waals surface area contributed by atoms with E-state index in [1.54, 1.807) is 24.3 Å². The van der Waals surface area contributed by atoms with E-state index in [0.717, 1.165) is 25.7 Å². The van der Waals surface area contributed by atoms with Gasteiger partial charge in [0.05, 0.1) is 17.4 Å². The van der Waals surface area contributed by atoms with Crippen LogP contribution < -0.4 is 10.5 Å². The van der Waals surface area contributed by atoms with Crippen LogP contribution in [0.4, 0.5) is 0 Å². The Balaban J connectivity index is 2.02. The highest BCUT2D eigenvalue weighted by molar-refractivity contribution is 7.88. The maximum Gasteiger partial charge on any atom is 0.216 e. The molecule has 1 aliphatic rings. The number of nitrogens with zero attached hydrogens (tertiary/aromatic N) is 1. The van der Waals surface area contributed by atoms with Gasteiger partial charge in [0.2, 0.25) is 10.0 Å². The van der Waals surface area contributed by atoms with Crippen LogP contribution in [0.3, 0.4) is 0 Å². The lowest BCUT2D eigenvalue weighted by atomic mass is 9.85. The lowest BCUT2D eigenvalue weighted by Gasteiger charge is -2.31. The number of hydrogen-bond donors (Lipinski definition) is 2. The van der Waals surface area contributed by atoms with Crippen LogP contribution in [0.15, 0.2) is 24.3 Å². The molecule has 1 aromatic rings. The van der Waals surface area contributed by atoms with Crippen LogP contribution in [-0.2, 0) is 15.8 Å². The predicted molar refractivity (Wildman–Crippen MR) is 81.7 cm³/mol. The number of nitriles is 1. The van der Waals surface area contributed by atoms with Gasteiger partial charge < -0.3 is 5.73 Å². The second-order valence-corrected chi connectivity index (χ2v) is 7.33. The molecule has 0 bridgehead atoms. The number of rotatable bonds is 5. The summed E-state index contributed by atoms with van der Waals surface area (Å²) in [5, 5.41) is 8.74. The number of benzene rings is 1. The standard InChI is InChI=1S/C15H21N3O2S/c16-9-12-5-7-13(8-6-12)11-21(19,20)18-15-4-2-1-3-14(15)10-17/h5-8,14-15,18H,1-4,10-11,17H2. The van der Waals surface area contributed by atoms with Crippen LogP contribution in [0.1, 0.15) is 36.8 Å². The molecule has 0 spiro atoms. The molecule has 0 aliphatic heterocycles. The van der Waals surface area contributed by atoms with Crippen LogP contribution >= 0.6 is 0 Å². The van der Waals surface area contributed by atoms with E-state index >= 15 is 0 Å². The quantitative estimate of drug-likeness (QED) is 0.861. The topological polar surface area (TPSA) is 96.0 Å². The molecule has 2 rings (SSSR count). The van der Waals surface area contributed by atoms with Crippen molar-refractivity contribution in [2.24, 2.45) is 11.7 Å². The Bertz CT molecular complexity index is 605. The van der Waals surface area contributed by atoms with Gasteiger partial charge in [0, 0.05) is 6.04 Å². The summed E-state index contributed by atoms with van der Waals surface area (Å²) in [5.74, 6) is 0.168. The largest absolute Gasteiger partial charge is 0.330 e. The number of nitrogens with one attached hydrogen (secondary N) is 1. The van der Waals surface area contributed by atoms with Gasteiger partial charge in [-0.15, -0.1) is 0 Å². The van der Waals surface area contributed by atoms with Crippen molar-refractivity contribution in [2.45, 2.75) is 37.5 Å². The Morgan fingerprint density at radius 2 is 1.90 bits per heavy atom. The van der Waals surface area contributed by atoms with E-state index in [1.165, 1.54) is 0 Å². The molecule has 0 radical (unpaired) electrons. The molecule has 1 aliphatic carbocycles. The summed E-state index contributed by atoms with van der Waals surface area (Å²) >= 11 is 0. The van der Waals surface area contributed by atoms with Crippen LogP contribution in [0.2, 0.25) is 0 Å². The number of sulfonamides is 1. The van der Waals surface area contributed by atoms with Gasteiger partial charge in [-0.25, -0.2) is 13.1 Å². The first-order valence-electron chi connectivity index (χ1n) is 7.23. The summed E-state index contributed by atoms with van der Waals surface area (Å²) in [7, 11) is -3.39. The van der Waals surface area contributed by atoms with Crippen molar-refractivity contribution in [1.29, 1.82) is 5.26 Å². The molecule has 3 N–H and O–H groups in total. The molecule has 5 nitrogen and oxygen atoms in total. The van der Waals surface area contributed by atoms with Crippen molar-refractivity contribution in [3.05, 3.63) is 35.4 Å². The second-order valence-electron chi connectivity index (χ2n) is 5.57. The third-order valence-electron chi connectivity index (χ3n) is 3.98. The van der Waals surface area contributed by atoms with Crippen LogP contribution in [0.25, 0.3) is 0 Å². The van der Waals surface area contributed by atoms with Crippen LogP contribution in [-0.4, -0.2) is 21.0 Å². The highest BCUT2D eigenvalue weighted by atomic mass is 32.2. The van der Waals surface area contributed by atoms with Gasteiger partial charge in [-0.3, -0.25) is 0 Å². The Morgan fingerprint density at radius 3 is 2.52 bits per heavy atom. The Labute approximate surface area is 126 Å². The van der Waals surface area contributed by atoms with E-state index in [0.29, 0.717) is 17.7 Å². The molecular weight excluding hydrogens is 286 g/mol. The summed E-state index contributed by atoms with van der Waals surface area (Å²) in [4.78, 5) is 0. The summed E-state index contributed by atoms with van der Waals surface area (Å²) < 4.78 is 27.3. The van der Waals surface area contributed by atoms with E-state index in [-0.39, 0.29) is 17.7 Å². The van der Waals surface area contributed by atoms with Gasteiger partial charge in [-0.1, -0.05) is 25.0 Å². The van der Waals surface area contributed by atoms with Crippen molar-refractivity contribution in [3.63, 3.8) is 0 Å². The van der Waals surface area contributed by atoms with Gasteiger partial charge in [-0.2, -0.15) is 5.26 Å². The van der Waals surface area contributed by atoms with Gasteiger partial charge in [-0.05, 0) is 43.0 Å². The first kappa shape index (κ1) is 16.0. The SMILES string of the molecule is N#Cc1ccc(CS(=O)(=O)NC2CCCCC2CN)cc1. The fraction of sp³-hybridized carbons (Fsp3) is 0.533. The molecule has 0 aromatic heterocycles. The summed E-state index contributed by atoms with van der Waals surface area (Å²) in [6.45, 7) is 0.518. The van der Waals surface area contributed by atoms with E-state index in [1.807, 2.05) is 6.07 Å². The molecule has 6 heteroatoms. The molecule has 2 atom stereocenters. The molecular formula is C15H21N3O2S. The third kappa shape index (κ3) is 4.53. The highest BCUT2D eigenvalue weighted by Crippen LogP contribution is 2.24. The zero-order chi connectivity index (χ0) is 15.3. The molecule has 0 heterocycles. The first-order chi connectivity index (χ1) is 10.0. The van der Waals surface area contributed by atoms with Crippen molar-refractivity contribution in [2.75, 3.05) is 6.54 Å². The zero-order valence-electron chi connectivity index (χ0n) is 12.0. The third-order valence-corrected chi connectivity index (χ3v) is 5.36. The average Bonchev–Trinajstić information content (AvgIpc) is 2.47. The maximum absolute atomic E-state index is 12.3. The molecule has 1 saturated carbocycles. The Morgan fingerprint density at radius 1 is 1.24 bits per heavy atom. The summed E-state index contributed by atoms with van der Waals surface area (Å²) in [5.41, 5.74) is 6.94. The molecule has 2 unspecified atom stereocenters. The lowest BCUT2D eigenvalue weighted by Crippen LogP contribution is -2.45. The minimum absolute atomic E-state index is 0.0490. The highest BCUT2D eigenvalue weighted by Gasteiger charge is 2.27. The summed E-state index contributed by atoms with van der Waals surface area (Å²) in [6, 6.07) is 8.59. The molecule has 0 saturated heterocycles. The fourth-order valence-corrected chi connectivity index (χ4v) is 4.30. The fourth-order valence-electron chi connectivity index (χ4n) is 2.81. The average molecular weight is 307 g/mol. The predicted octanol–water partition coefficient (Wildman–Crippen LogP) is 1.50. The van der Waals surface area contributed by atoms with Gasteiger partial charge in [0.1, 0.15) is 0 Å². The molecule has 114 valence electrons. The van der Waals surface area contributed by atoms with E-state index in [4.69, 9.17) is 11.0 Å². The van der Waals surface area contributed by atoms with Gasteiger partial charge in [0.15, 0.2) is 0 Å². The lowest BCUT2D eigenvalue weighted by molar-refractivity contribution is 0.296. The van der Waals surface area contributed by atoms with Crippen molar-refractivity contribution < 1.29 is 8.42 Å². The molecule has 1 aromatic carbocycles. The number of nitrogens with two attached hydrogens (primary N) is 1. The van der Waals surface area contributed by atoms with Crippen molar-refractivity contribution in [3.8, 4) is 6.07 Å². The van der Waals surface area contributed by atoms with Gasteiger partial charge in [0.25, 0.3) is 0 Å². The van der Waals surface area contributed by atoms with E-state index in [2.05, 4.69) is 4.72 Å².